The van der Waals surface area contributed by atoms with Crippen molar-refractivity contribution in [3.8, 4) is 0 Å². The van der Waals surface area contributed by atoms with Gasteiger partial charge in [0.05, 0.1) is 0 Å². The van der Waals surface area contributed by atoms with Gasteiger partial charge in [-0.15, -0.1) is 0 Å². The Bertz CT molecular complexity index is 503. The molecule has 1 aromatic rings. The molecule has 1 rings (SSSR count). The number of hydrogen-bond donors (Lipinski definition) is 1. The van der Waals surface area contributed by atoms with Crippen molar-refractivity contribution in [2.24, 2.45) is 0 Å². The largest absolute Gasteiger partial charge is 0.479 e. The number of rotatable bonds is 4. The van der Waals surface area contributed by atoms with Crippen molar-refractivity contribution < 1.29 is 14.7 Å². The lowest BCUT2D eigenvalue weighted by molar-refractivity contribution is -0.151. The van der Waals surface area contributed by atoms with Gasteiger partial charge in [-0.1, -0.05) is 23.2 Å². The van der Waals surface area contributed by atoms with Crippen molar-refractivity contribution in [3.05, 3.63) is 33.8 Å². The van der Waals surface area contributed by atoms with Crippen molar-refractivity contribution in [3.63, 3.8) is 0 Å². The molecule has 1 unspecified atom stereocenters. The van der Waals surface area contributed by atoms with E-state index in [-0.39, 0.29) is 17.0 Å². The Balaban J connectivity index is 3.38. The van der Waals surface area contributed by atoms with Crippen molar-refractivity contribution in [2.45, 2.75) is 32.9 Å². The van der Waals surface area contributed by atoms with Crippen molar-refractivity contribution in [1.82, 2.24) is 4.90 Å². The molecule has 104 valence electrons. The van der Waals surface area contributed by atoms with Crippen LogP contribution in [0.25, 0.3) is 0 Å². The zero-order chi connectivity index (χ0) is 14.7. The van der Waals surface area contributed by atoms with E-state index >= 15 is 0 Å². The molecule has 0 heterocycles. The van der Waals surface area contributed by atoms with E-state index in [1.807, 2.05) is 0 Å². The molecule has 0 aliphatic heterocycles. The van der Waals surface area contributed by atoms with E-state index in [0.717, 1.165) is 0 Å². The van der Waals surface area contributed by atoms with Gasteiger partial charge in [-0.25, -0.2) is 4.79 Å². The molecule has 0 radical (unpaired) electrons. The lowest BCUT2D eigenvalue weighted by Crippen LogP contribution is -2.42. The Hall–Kier alpha value is -1.26. The Morgan fingerprint density at radius 2 is 1.84 bits per heavy atom. The van der Waals surface area contributed by atoms with E-state index in [9.17, 15) is 14.7 Å². The Labute approximate surface area is 121 Å². The number of carbonyl (C=O) groups excluding carboxylic acids is 1. The Morgan fingerprint density at radius 3 is 2.26 bits per heavy atom. The lowest BCUT2D eigenvalue weighted by atomic mass is 10.0. The summed E-state index contributed by atoms with van der Waals surface area (Å²) in [6, 6.07) is 3.14. The fraction of sp³-hybridized carbons (Fsp3) is 0.385. The highest BCUT2D eigenvalue weighted by Gasteiger charge is 2.32. The van der Waals surface area contributed by atoms with Crippen LogP contribution in [0.2, 0.25) is 10.0 Å². The van der Waals surface area contributed by atoms with E-state index in [0.29, 0.717) is 10.6 Å². The smallest absolute Gasteiger partial charge is 0.331 e. The van der Waals surface area contributed by atoms with Crippen molar-refractivity contribution in [1.29, 1.82) is 0 Å². The van der Waals surface area contributed by atoms with Crippen LogP contribution in [0.3, 0.4) is 0 Å². The molecular weight excluding hydrogens is 289 g/mol. The van der Waals surface area contributed by atoms with Gasteiger partial charge in [0.1, 0.15) is 0 Å². The summed E-state index contributed by atoms with van der Waals surface area (Å²) in [6.07, 6.45) is 0. The summed E-state index contributed by atoms with van der Waals surface area (Å²) in [5.74, 6) is -1.48. The molecule has 0 fully saturated rings. The third-order valence-electron chi connectivity index (χ3n) is 2.68. The van der Waals surface area contributed by atoms with Gasteiger partial charge in [0.25, 0.3) is 0 Å². The summed E-state index contributed by atoms with van der Waals surface area (Å²) in [6.45, 7) is 4.82. The van der Waals surface area contributed by atoms with Gasteiger partial charge in [0, 0.05) is 28.6 Å². The van der Waals surface area contributed by atoms with E-state index in [2.05, 4.69) is 0 Å². The molecule has 4 nitrogen and oxygen atoms in total. The highest BCUT2D eigenvalue weighted by Crippen LogP contribution is 2.31. The van der Waals surface area contributed by atoms with Gasteiger partial charge in [-0.05, 0) is 32.0 Å². The fourth-order valence-corrected chi connectivity index (χ4v) is 2.37. The van der Waals surface area contributed by atoms with E-state index in [1.54, 1.807) is 19.9 Å². The van der Waals surface area contributed by atoms with Crippen LogP contribution < -0.4 is 0 Å². The second kappa shape index (κ2) is 6.26. The first-order valence-electron chi connectivity index (χ1n) is 5.72. The Kier molecular flexibility index (Phi) is 5.20. The lowest BCUT2D eigenvalue weighted by Gasteiger charge is -2.32. The first-order valence-corrected chi connectivity index (χ1v) is 6.48. The number of hydrogen-bond acceptors (Lipinski definition) is 2. The minimum Gasteiger partial charge on any atom is -0.479 e. The van der Waals surface area contributed by atoms with Crippen LogP contribution in [0, 0.1) is 0 Å². The summed E-state index contributed by atoms with van der Waals surface area (Å²) >= 11 is 11.9. The standard InChI is InChI=1S/C13H15Cl2NO3/c1-7(2)16(8(3)17)12(13(18)19)10-6-9(14)4-5-11(10)15/h4-7,12H,1-3H3,(H,18,19). The third kappa shape index (κ3) is 3.61. The number of carboxylic acids is 1. The molecule has 0 bridgehead atoms. The Morgan fingerprint density at radius 1 is 1.26 bits per heavy atom. The average molecular weight is 304 g/mol. The quantitative estimate of drug-likeness (QED) is 0.927. The molecule has 1 atom stereocenters. The van der Waals surface area contributed by atoms with Crippen LogP contribution in [0.5, 0.6) is 0 Å². The average Bonchev–Trinajstić information content (AvgIpc) is 2.27. The maximum atomic E-state index is 11.7. The maximum Gasteiger partial charge on any atom is 0.331 e. The monoisotopic (exact) mass is 303 g/mol. The fourth-order valence-electron chi connectivity index (χ4n) is 1.97. The number of halogens is 2. The topological polar surface area (TPSA) is 57.6 Å². The predicted molar refractivity (Wildman–Crippen MR) is 74.5 cm³/mol. The summed E-state index contributed by atoms with van der Waals surface area (Å²) in [5, 5.41) is 10.1. The second-order valence-electron chi connectivity index (χ2n) is 4.43. The number of amides is 1. The van der Waals surface area contributed by atoms with Crippen LogP contribution in [0.1, 0.15) is 32.4 Å². The number of aliphatic carboxylic acids is 1. The summed E-state index contributed by atoms with van der Waals surface area (Å²) in [7, 11) is 0. The highest BCUT2D eigenvalue weighted by molar-refractivity contribution is 6.33. The molecule has 0 aliphatic rings. The van der Waals surface area contributed by atoms with Gasteiger partial charge in [-0.2, -0.15) is 0 Å². The molecule has 1 amide bonds. The summed E-state index contributed by atoms with van der Waals surface area (Å²) in [4.78, 5) is 24.5. The van der Waals surface area contributed by atoms with E-state index in [1.165, 1.54) is 24.0 Å². The second-order valence-corrected chi connectivity index (χ2v) is 5.27. The zero-order valence-electron chi connectivity index (χ0n) is 10.9. The van der Waals surface area contributed by atoms with Crippen molar-refractivity contribution >= 4 is 35.1 Å². The minimum atomic E-state index is -1.15. The molecule has 6 heteroatoms. The SMILES string of the molecule is CC(=O)N(C(C)C)C(C(=O)O)c1cc(Cl)ccc1Cl. The third-order valence-corrected chi connectivity index (χ3v) is 3.26. The van der Waals surface area contributed by atoms with Gasteiger partial charge >= 0.3 is 5.97 Å². The van der Waals surface area contributed by atoms with Crippen LogP contribution in [-0.4, -0.2) is 27.9 Å². The van der Waals surface area contributed by atoms with E-state index in [4.69, 9.17) is 23.2 Å². The van der Waals surface area contributed by atoms with Crippen molar-refractivity contribution in [2.75, 3.05) is 0 Å². The molecule has 0 saturated heterocycles. The number of benzene rings is 1. The normalized spacial score (nSPS) is 12.3. The van der Waals surface area contributed by atoms with Gasteiger partial charge in [0.2, 0.25) is 5.91 Å². The first-order chi connectivity index (χ1) is 8.75. The number of carboxylic acid groups (broad SMARTS) is 1. The van der Waals surface area contributed by atoms with E-state index < -0.39 is 12.0 Å². The molecule has 0 spiro atoms. The van der Waals surface area contributed by atoms with Gasteiger partial charge < -0.3 is 10.0 Å². The molecule has 0 saturated carbocycles. The summed E-state index contributed by atoms with van der Waals surface area (Å²) in [5.41, 5.74) is 0.311. The zero-order valence-corrected chi connectivity index (χ0v) is 12.4. The summed E-state index contributed by atoms with van der Waals surface area (Å²) < 4.78 is 0. The molecule has 0 aliphatic carbocycles. The minimum absolute atomic E-state index is 0.267. The molecular formula is C13H15Cl2NO3. The predicted octanol–water partition coefficient (Wildman–Crippen LogP) is 3.38. The van der Waals surface area contributed by atoms with Crippen LogP contribution in [-0.2, 0) is 9.59 Å². The highest BCUT2D eigenvalue weighted by atomic mass is 35.5. The number of nitrogens with zero attached hydrogens (tertiary/aromatic N) is 1. The van der Waals surface area contributed by atoms with Gasteiger partial charge in [0.15, 0.2) is 6.04 Å². The maximum absolute atomic E-state index is 11.7. The molecule has 19 heavy (non-hydrogen) atoms. The molecule has 0 aromatic heterocycles. The van der Waals surface area contributed by atoms with Crippen LogP contribution in [0.4, 0.5) is 0 Å². The first kappa shape index (κ1) is 15.8. The number of carbonyl (C=O) groups is 2. The molecule has 1 N–H and O–H groups in total. The molecule has 1 aromatic carbocycles. The van der Waals surface area contributed by atoms with Crippen LogP contribution >= 0.6 is 23.2 Å². The van der Waals surface area contributed by atoms with Gasteiger partial charge in [-0.3, -0.25) is 4.79 Å². The van der Waals surface area contributed by atoms with Crippen LogP contribution in [0.15, 0.2) is 18.2 Å².